The molecule has 1 saturated heterocycles. The lowest BCUT2D eigenvalue weighted by atomic mass is 9.98. The number of nitrogens with zero attached hydrogens (tertiary/aromatic N) is 4. The van der Waals surface area contributed by atoms with Gasteiger partial charge in [0.05, 0.1) is 5.69 Å². The highest BCUT2D eigenvalue weighted by atomic mass is 32.1. The molecule has 2 aromatic heterocycles. The van der Waals surface area contributed by atoms with Crippen LogP contribution in [-0.2, 0) is 0 Å². The lowest BCUT2D eigenvalue weighted by Crippen LogP contribution is -2.39. The Morgan fingerprint density at radius 2 is 1.90 bits per heavy atom. The van der Waals surface area contributed by atoms with Crippen molar-refractivity contribution in [1.82, 2.24) is 25.3 Å². The van der Waals surface area contributed by atoms with Crippen LogP contribution in [0, 0.1) is 5.82 Å². The fraction of sp³-hybridized carbons (Fsp3) is 0.217. The number of halogens is 1. The van der Waals surface area contributed by atoms with Gasteiger partial charge in [0.2, 0.25) is 0 Å². The maximum Gasteiger partial charge on any atom is 0.271 e. The number of carbonyl (C=O) groups is 1. The molecule has 0 unspecified atom stereocenters. The van der Waals surface area contributed by atoms with E-state index >= 15 is 0 Å². The van der Waals surface area contributed by atoms with Crippen molar-refractivity contribution in [2.75, 3.05) is 13.1 Å². The Kier molecular flexibility index (Phi) is 5.30. The maximum absolute atomic E-state index is 14.1. The number of H-pyrrole nitrogens is 1. The van der Waals surface area contributed by atoms with E-state index in [0.29, 0.717) is 29.4 Å². The number of amides is 1. The first-order valence-electron chi connectivity index (χ1n) is 10.2. The number of hydrogen-bond donors (Lipinski definition) is 1. The van der Waals surface area contributed by atoms with Gasteiger partial charge >= 0.3 is 0 Å². The SMILES string of the molecule is O=C(c1cc(-c2ccccc2)n[nH]1)N1CCC[C@H](c2nnc(-c3ccccc3F)s2)C1. The zero-order valence-electron chi connectivity index (χ0n) is 16.7. The van der Waals surface area contributed by atoms with E-state index in [1.54, 1.807) is 24.3 Å². The van der Waals surface area contributed by atoms with Gasteiger partial charge in [-0.2, -0.15) is 5.10 Å². The number of piperidine rings is 1. The molecule has 1 N–H and O–H groups in total. The lowest BCUT2D eigenvalue weighted by Gasteiger charge is -2.31. The Balaban J connectivity index is 1.31. The molecule has 2 aromatic carbocycles. The highest BCUT2D eigenvalue weighted by Gasteiger charge is 2.29. The highest BCUT2D eigenvalue weighted by Crippen LogP contribution is 2.34. The molecule has 8 heteroatoms. The Bertz CT molecular complexity index is 1210. The molecule has 31 heavy (non-hydrogen) atoms. The minimum Gasteiger partial charge on any atom is -0.337 e. The second kappa shape index (κ2) is 8.39. The topological polar surface area (TPSA) is 74.8 Å². The predicted octanol–water partition coefficient (Wildman–Crippen LogP) is 4.75. The number of nitrogens with one attached hydrogen (secondary N) is 1. The quantitative estimate of drug-likeness (QED) is 0.504. The summed E-state index contributed by atoms with van der Waals surface area (Å²) in [6.07, 6.45) is 1.80. The third-order valence-electron chi connectivity index (χ3n) is 5.48. The molecular formula is C23H20FN5OS. The van der Waals surface area contributed by atoms with Crippen LogP contribution in [0.2, 0.25) is 0 Å². The number of aromatic amines is 1. The van der Waals surface area contributed by atoms with Crippen molar-refractivity contribution in [3.05, 3.63) is 77.2 Å². The van der Waals surface area contributed by atoms with Crippen LogP contribution in [0.25, 0.3) is 21.8 Å². The van der Waals surface area contributed by atoms with E-state index in [2.05, 4.69) is 20.4 Å². The molecule has 6 nitrogen and oxygen atoms in total. The summed E-state index contributed by atoms with van der Waals surface area (Å²) in [5.74, 6) is -0.287. The molecule has 1 atom stereocenters. The Morgan fingerprint density at radius 3 is 2.74 bits per heavy atom. The van der Waals surface area contributed by atoms with E-state index in [1.807, 2.05) is 35.2 Å². The maximum atomic E-state index is 14.1. The summed E-state index contributed by atoms with van der Waals surface area (Å²) >= 11 is 1.40. The highest BCUT2D eigenvalue weighted by molar-refractivity contribution is 7.14. The van der Waals surface area contributed by atoms with Gasteiger partial charge in [0.25, 0.3) is 5.91 Å². The van der Waals surface area contributed by atoms with Crippen LogP contribution in [0.3, 0.4) is 0 Å². The van der Waals surface area contributed by atoms with Gasteiger partial charge in [-0.25, -0.2) is 4.39 Å². The summed E-state index contributed by atoms with van der Waals surface area (Å²) in [7, 11) is 0. The summed E-state index contributed by atoms with van der Waals surface area (Å²) in [5, 5.41) is 17.1. The third kappa shape index (κ3) is 3.98. The van der Waals surface area contributed by atoms with Crippen molar-refractivity contribution in [3.8, 4) is 21.8 Å². The number of benzene rings is 2. The van der Waals surface area contributed by atoms with Crippen molar-refractivity contribution in [3.63, 3.8) is 0 Å². The fourth-order valence-corrected chi connectivity index (χ4v) is 4.86. The molecule has 0 aliphatic carbocycles. The van der Waals surface area contributed by atoms with E-state index < -0.39 is 0 Å². The van der Waals surface area contributed by atoms with Crippen LogP contribution in [0.1, 0.15) is 34.3 Å². The summed E-state index contributed by atoms with van der Waals surface area (Å²) in [6.45, 7) is 1.25. The minimum absolute atomic E-state index is 0.0711. The first-order valence-corrected chi connectivity index (χ1v) is 11.0. The fourth-order valence-electron chi connectivity index (χ4n) is 3.86. The molecular weight excluding hydrogens is 413 g/mol. The molecule has 0 radical (unpaired) electrons. The Morgan fingerprint density at radius 1 is 1.10 bits per heavy atom. The molecule has 1 fully saturated rings. The number of aromatic nitrogens is 4. The van der Waals surface area contributed by atoms with Gasteiger partial charge in [-0.1, -0.05) is 53.8 Å². The first-order chi connectivity index (χ1) is 15.2. The molecule has 0 saturated carbocycles. The zero-order chi connectivity index (χ0) is 21.2. The number of hydrogen-bond acceptors (Lipinski definition) is 5. The summed E-state index contributed by atoms with van der Waals surface area (Å²) in [4.78, 5) is 14.9. The number of carbonyl (C=O) groups excluding carboxylic acids is 1. The van der Waals surface area contributed by atoms with Gasteiger partial charge in [-0.05, 0) is 31.0 Å². The van der Waals surface area contributed by atoms with Gasteiger partial charge in [0.1, 0.15) is 16.5 Å². The van der Waals surface area contributed by atoms with E-state index in [4.69, 9.17) is 0 Å². The second-order valence-electron chi connectivity index (χ2n) is 7.55. The summed E-state index contributed by atoms with van der Waals surface area (Å²) < 4.78 is 14.1. The standard InChI is InChI=1S/C23H20FN5OS/c24-18-11-5-4-10-17(18)22-28-27-21(31-22)16-9-6-12-29(14-16)23(30)20-13-19(25-26-20)15-7-2-1-3-8-15/h1-5,7-8,10-11,13,16H,6,9,12,14H2,(H,25,26)/t16-/m0/s1. The Labute approximate surface area is 182 Å². The van der Waals surface area contributed by atoms with Crippen LogP contribution in [0.4, 0.5) is 4.39 Å². The van der Waals surface area contributed by atoms with E-state index in [-0.39, 0.29) is 17.6 Å². The smallest absolute Gasteiger partial charge is 0.271 e. The van der Waals surface area contributed by atoms with E-state index in [0.717, 1.165) is 29.1 Å². The third-order valence-corrected chi connectivity index (χ3v) is 6.60. The molecule has 3 heterocycles. The van der Waals surface area contributed by atoms with Gasteiger partial charge in [-0.15, -0.1) is 10.2 Å². The molecule has 0 bridgehead atoms. The van der Waals surface area contributed by atoms with Crippen molar-refractivity contribution < 1.29 is 9.18 Å². The molecule has 1 aliphatic heterocycles. The summed E-state index contributed by atoms with van der Waals surface area (Å²) in [6, 6.07) is 18.1. The Hall–Kier alpha value is -3.39. The monoisotopic (exact) mass is 433 g/mol. The largest absolute Gasteiger partial charge is 0.337 e. The van der Waals surface area contributed by atoms with Crippen LogP contribution < -0.4 is 0 Å². The van der Waals surface area contributed by atoms with Gasteiger partial charge in [0.15, 0.2) is 5.01 Å². The van der Waals surface area contributed by atoms with Crippen LogP contribution >= 0.6 is 11.3 Å². The summed E-state index contributed by atoms with van der Waals surface area (Å²) in [5.41, 5.74) is 2.64. The minimum atomic E-state index is -0.306. The lowest BCUT2D eigenvalue weighted by molar-refractivity contribution is 0.0701. The molecule has 0 spiro atoms. The van der Waals surface area contributed by atoms with Crippen molar-refractivity contribution in [1.29, 1.82) is 0 Å². The normalized spacial score (nSPS) is 16.4. The average Bonchev–Trinajstić information content (AvgIpc) is 3.50. The second-order valence-corrected chi connectivity index (χ2v) is 8.56. The molecule has 1 amide bonds. The number of rotatable bonds is 4. The zero-order valence-corrected chi connectivity index (χ0v) is 17.5. The first kappa shape index (κ1) is 19.6. The number of likely N-dealkylation sites (tertiary alicyclic amines) is 1. The average molecular weight is 434 g/mol. The van der Waals surface area contributed by atoms with Crippen LogP contribution in [-0.4, -0.2) is 44.3 Å². The van der Waals surface area contributed by atoms with Crippen LogP contribution in [0.5, 0.6) is 0 Å². The van der Waals surface area contributed by atoms with E-state index in [9.17, 15) is 9.18 Å². The van der Waals surface area contributed by atoms with E-state index in [1.165, 1.54) is 17.4 Å². The molecule has 4 aromatic rings. The van der Waals surface area contributed by atoms with Crippen molar-refractivity contribution >= 4 is 17.2 Å². The van der Waals surface area contributed by atoms with Gasteiger partial charge < -0.3 is 4.90 Å². The molecule has 5 rings (SSSR count). The van der Waals surface area contributed by atoms with Crippen molar-refractivity contribution in [2.45, 2.75) is 18.8 Å². The van der Waals surface area contributed by atoms with Crippen molar-refractivity contribution in [2.24, 2.45) is 0 Å². The molecule has 156 valence electrons. The van der Waals surface area contributed by atoms with Gasteiger partial charge in [-0.3, -0.25) is 9.89 Å². The van der Waals surface area contributed by atoms with Crippen LogP contribution in [0.15, 0.2) is 60.7 Å². The molecule has 1 aliphatic rings. The predicted molar refractivity (Wildman–Crippen MR) is 117 cm³/mol. The van der Waals surface area contributed by atoms with Gasteiger partial charge in [0, 0.05) is 30.1 Å².